The van der Waals surface area contributed by atoms with Gasteiger partial charge in [-0.15, -0.1) is 0 Å². The van der Waals surface area contributed by atoms with E-state index >= 15 is 0 Å². The lowest BCUT2D eigenvalue weighted by Crippen LogP contribution is -2.12. The van der Waals surface area contributed by atoms with E-state index in [2.05, 4.69) is 14.5 Å². The molecule has 112 valence electrons. The van der Waals surface area contributed by atoms with E-state index in [0.717, 1.165) is 34.2 Å². The first-order chi connectivity index (χ1) is 10.1. The summed E-state index contributed by atoms with van der Waals surface area (Å²) in [5.41, 5.74) is 2.79. The molecule has 2 aromatic rings. The van der Waals surface area contributed by atoms with Crippen LogP contribution in [0.25, 0.3) is 11.2 Å². The van der Waals surface area contributed by atoms with Gasteiger partial charge in [0, 0.05) is 12.7 Å². The van der Waals surface area contributed by atoms with E-state index < -0.39 is 5.97 Å². The van der Waals surface area contributed by atoms with E-state index in [9.17, 15) is 4.79 Å². The van der Waals surface area contributed by atoms with Crippen LogP contribution in [-0.4, -0.2) is 42.9 Å². The van der Waals surface area contributed by atoms with Crippen molar-refractivity contribution >= 4 is 40.7 Å². The SMILES string of the molecule is Cc1cnc2c(c1)nc(SCC(=O)O)n2CC1CCSC1. The van der Waals surface area contributed by atoms with E-state index in [-0.39, 0.29) is 5.75 Å². The predicted molar refractivity (Wildman–Crippen MR) is 86.1 cm³/mol. The van der Waals surface area contributed by atoms with Gasteiger partial charge < -0.3 is 9.67 Å². The number of carbonyl (C=O) groups is 1. The smallest absolute Gasteiger partial charge is 0.313 e. The lowest BCUT2D eigenvalue weighted by atomic mass is 10.1. The maximum absolute atomic E-state index is 10.8. The van der Waals surface area contributed by atoms with Crippen LogP contribution in [0.4, 0.5) is 0 Å². The summed E-state index contributed by atoms with van der Waals surface area (Å²) in [5.74, 6) is 2.21. The minimum absolute atomic E-state index is 0.0295. The van der Waals surface area contributed by atoms with Crippen LogP contribution in [0.15, 0.2) is 17.4 Å². The van der Waals surface area contributed by atoms with Crippen LogP contribution >= 0.6 is 23.5 Å². The largest absolute Gasteiger partial charge is 0.481 e. The fourth-order valence-corrected chi connectivity index (χ4v) is 4.48. The molecule has 1 unspecified atom stereocenters. The second kappa shape index (κ2) is 6.27. The quantitative estimate of drug-likeness (QED) is 0.853. The molecule has 7 heteroatoms. The molecule has 0 radical (unpaired) electrons. The minimum Gasteiger partial charge on any atom is -0.481 e. The number of carboxylic acids is 1. The molecular weight excluding hydrogens is 306 g/mol. The molecule has 1 saturated heterocycles. The Hall–Kier alpha value is -1.21. The topological polar surface area (TPSA) is 68.0 Å². The standard InChI is InChI=1S/C14H17N3O2S2/c1-9-4-11-13(15-5-9)17(6-10-2-3-20-7-10)14(16-11)21-8-12(18)19/h4-5,10H,2-3,6-8H2,1H3,(H,18,19). The molecule has 1 fully saturated rings. The fraction of sp³-hybridized carbons (Fsp3) is 0.500. The number of fused-ring (bicyclic) bond motifs is 1. The van der Waals surface area contributed by atoms with Gasteiger partial charge in [-0.05, 0) is 42.4 Å². The fourth-order valence-electron chi connectivity index (χ4n) is 2.48. The molecule has 5 nitrogen and oxygen atoms in total. The van der Waals surface area contributed by atoms with Crippen molar-refractivity contribution in [3.8, 4) is 0 Å². The summed E-state index contributed by atoms with van der Waals surface area (Å²) in [6, 6.07) is 2.01. The molecule has 0 aromatic carbocycles. The number of carboxylic acid groups (broad SMARTS) is 1. The number of hydrogen-bond donors (Lipinski definition) is 1. The van der Waals surface area contributed by atoms with E-state index in [1.165, 1.54) is 23.9 Å². The number of thioether (sulfide) groups is 2. The van der Waals surface area contributed by atoms with Crippen molar-refractivity contribution < 1.29 is 9.90 Å². The van der Waals surface area contributed by atoms with Gasteiger partial charge in [0.1, 0.15) is 5.52 Å². The number of aryl methyl sites for hydroxylation is 1. The molecule has 3 heterocycles. The van der Waals surface area contributed by atoms with Crippen LogP contribution in [0.2, 0.25) is 0 Å². The molecule has 1 aliphatic rings. The highest BCUT2D eigenvalue weighted by atomic mass is 32.2. The van der Waals surface area contributed by atoms with Crippen molar-refractivity contribution in [1.29, 1.82) is 0 Å². The highest BCUT2D eigenvalue weighted by Gasteiger charge is 2.20. The van der Waals surface area contributed by atoms with Gasteiger partial charge in [-0.1, -0.05) is 11.8 Å². The van der Waals surface area contributed by atoms with Crippen LogP contribution in [-0.2, 0) is 11.3 Å². The molecular formula is C14H17N3O2S2. The molecule has 0 bridgehead atoms. The van der Waals surface area contributed by atoms with Crippen LogP contribution in [0.1, 0.15) is 12.0 Å². The zero-order valence-corrected chi connectivity index (χ0v) is 13.4. The average molecular weight is 323 g/mol. The molecule has 21 heavy (non-hydrogen) atoms. The number of aliphatic carboxylic acids is 1. The van der Waals surface area contributed by atoms with Gasteiger partial charge in [-0.25, -0.2) is 9.97 Å². The summed E-state index contributed by atoms with van der Waals surface area (Å²) in [7, 11) is 0. The van der Waals surface area contributed by atoms with Crippen LogP contribution in [0, 0.1) is 12.8 Å². The molecule has 0 aliphatic carbocycles. The summed E-state index contributed by atoms with van der Waals surface area (Å²) in [4.78, 5) is 19.9. The Morgan fingerprint density at radius 1 is 1.62 bits per heavy atom. The van der Waals surface area contributed by atoms with Crippen molar-refractivity contribution in [2.75, 3.05) is 17.3 Å². The van der Waals surface area contributed by atoms with Gasteiger partial charge in [0.15, 0.2) is 10.8 Å². The minimum atomic E-state index is -0.820. The number of nitrogens with zero attached hydrogens (tertiary/aromatic N) is 3. The Kier molecular flexibility index (Phi) is 4.40. The molecule has 1 N–H and O–H groups in total. The molecule has 3 rings (SSSR count). The van der Waals surface area contributed by atoms with Gasteiger partial charge in [0.2, 0.25) is 0 Å². The van der Waals surface area contributed by atoms with E-state index in [4.69, 9.17) is 5.11 Å². The molecule has 0 spiro atoms. The summed E-state index contributed by atoms with van der Waals surface area (Å²) in [6.07, 6.45) is 3.05. The number of rotatable bonds is 5. The average Bonchev–Trinajstić information content (AvgIpc) is 3.05. The second-order valence-corrected chi connectivity index (χ2v) is 7.36. The molecule has 0 saturated carbocycles. The van der Waals surface area contributed by atoms with Crippen molar-refractivity contribution in [1.82, 2.24) is 14.5 Å². The van der Waals surface area contributed by atoms with Crippen LogP contribution in [0.3, 0.4) is 0 Å². The summed E-state index contributed by atoms with van der Waals surface area (Å²) < 4.78 is 2.10. The number of imidazole rings is 1. The van der Waals surface area contributed by atoms with Crippen molar-refractivity contribution in [3.63, 3.8) is 0 Å². The van der Waals surface area contributed by atoms with E-state index in [1.54, 1.807) is 0 Å². The number of hydrogen-bond acceptors (Lipinski definition) is 5. The highest BCUT2D eigenvalue weighted by Crippen LogP contribution is 2.29. The number of pyridine rings is 1. The van der Waals surface area contributed by atoms with Gasteiger partial charge in [0.25, 0.3) is 0 Å². The van der Waals surface area contributed by atoms with Crippen LogP contribution < -0.4 is 0 Å². The van der Waals surface area contributed by atoms with Gasteiger partial charge in [-0.2, -0.15) is 11.8 Å². The summed E-state index contributed by atoms with van der Waals surface area (Å²) >= 11 is 3.26. The Morgan fingerprint density at radius 2 is 2.48 bits per heavy atom. The third-order valence-electron chi connectivity index (χ3n) is 3.48. The first-order valence-corrected chi connectivity index (χ1v) is 9.02. The second-order valence-electron chi connectivity index (χ2n) is 5.27. The first kappa shape index (κ1) is 14.7. The zero-order valence-electron chi connectivity index (χ0n) is 11.8. The highest BCUT2D eigenvalue weighted by molar-refractivity contribution is 7.99. The maximum Gasteiger partial charge on any atom is 0.313 e. The van der Waals surface area contributed by atoms with Crippen molar-refractivity contribution in [2.45, 2.75) is 25.0 Å². The maximum atomic E-state index is 10.8. The van der Waals surface area contributed by atoms with Crippen molar-refractivity contribution in [2.24, 2.45) is 5.92 Å². The van der Waals surface area contributed by atoms with Crippen LogP contribution in [0.5, 0.6) is 0 Å². The predicted octanol–water partition coefficient (Wildman–Crippen LogP) is 2.67. The lowest BCUT2D eigenvalue weighted by Gasteiger charge is -2.12. The Morgan fingerprint density at radius 3 is 3.19 bits per heavy atom. The van der Waals surface area contributed by atoms with Crippen molar-refractivity contribution in [3.05, 3.63) is 17.8 Å². The Bertz CT molecular complexity index is 666. The van der Waals surface area contributed by atoms with Gasteiger partial charge >= 0.3 is 5.97 Å². The van der Waals surface area contributed by atoms with E-state index in [1.807, 2.05) is 30.9 Å². The Labute approximate surface area is 131 Å². The molecule has 1 atom stereocenters. The third kappa shape index (κ3) is 3.35. The summed E-state index contributed by atoms with van der Waals surface area (Å²) in [5, 5.41) is 9.66. The third-order valence-corrected chi connectivity index (χ3v) is 5.67. The first-order valence-electron chi connectivity index (χ1n) is 6.88. The lowest BCUT2D eigenvalue weighted by molar-refractivity contribution is -0.133. The molecule has 1 aliphatic heterocycles. The van der Waals surface area contributed by atoms with Gasteiger partial charge in [0.05, 0.1) is 5.75 Å². The normalized spacial score (nSPS) is 18.4. The molecule has 2 aromatic heterocycles. The van der Waals surface area contributed by atoms with Gasteiger partial charge in [-0.3, -0.25) is 4.79 Å². The zero-order chi connectivity index (χ0) is 14.8. The molecule has 0 amide bonds. The Balaban J connectivity index is 1.95. The van der Waals surface area contributed by atoms with E-state index in [0.29, 0.717) is 5.92 Å². The summed E-state index contributed by atoms with van der Waals surface area (Å²) in [6.45, 7) is 2.87. The monoisotopic (exact) mass is 323 g/mol. The number of aromatic nitrogens is 3.